The van der Waals surface area contributed by atoms with Crippen molar-refractivity contribution in [3.63, 3.8) is 0 Å². The summed E-state index contributed by atoms with van der Waals surface area (Å²) in [6.45, 7) is 0.663. The van der Waals surface area contributed by atoms with E-state index in [0.29, 0.717) is 6.61 Å². The molecule has 1 nitrogen and oxygen atoms in total. The van der Waals surface area contributed by atoms with Crippen molar-refractivity contribution in [2.24, 2.45) is 0 Å². The fourth-order valence-electron chi connectivity index (χ4n) is 3.07. The minimum absolute atomic E-state index is 0.663. The van der Waals surface area contributed by atoms with Gasteiger partial charge in [0, 0.05) is 7.11 Å². The lowest BCUT2D eigenvalue weighted by Crippen LogP contribution is -1.90. The molecule has 0 saturated carbocycles. The zero-order chi connectivity index (χ0) is 12.8. The van der Waals surface area contributed by atoms with Gasteiger partial charge in [-0.05, 0) is 50.0 Å². The first-order valence-electron chi connectivity index (χ1n) is 6.52. The smallest absolute Gasteiger partial charge is 0.0713 e. The van der Waals surface area contributed by atoms with Crippen molar-refractivity contribution in [2.75, 3.05) is 7.11 Å². The second-order valence-electron chi connectivity index (χ2n) is 5.06. The lowest BCUT2D eigenvalue weighted by Gasteiger charge is -2.12. The molecular formula is C18H14O. The Balaban J connectivity index is 2.22. The molecule has 0 radical (unpaired) electrons. The third-order valence-corrected chi connectivity index (χ3v) is 3.83. The second-order valence-corrected chi connectivity index (χ2v) is 5.06. The van der Waals surface area contributed by atoms with Crippen molar-refractivity contribution >= 4 is 32.3 Å². The average molecular weight is 246 g/mol. The molecule has 0 aliphatic carbocycles. The summed E-state index contributed by atoms with van der Waals surface area (Å²) in [5, 5.41) is 7.98. The van der Waals surface area contributed by atoms with E-state index >= 15 is 0 Å². The van der Waals surface area contributed by atoms with Gasteiger partial charge in [0.05, 0.1) is 6.61 Å². The molecule has 1 heteroatoms. The number of hydrogen-bond acceptors (Lipinski definition) is 1. The normalized spacial score (nSPS) is 11.8. The average Bonchev–Trinajstić information content (AvgIpc) is 2.45. The zero-order valence-electron chi connectivity index (χ0n) is 10.8. The molecule has 19 heavy (non-hydrogen) atoms. The van der Waals surface area contributed by atoms with E-state index in [0.717, 1.165) is 0 Å². The largest absolute Gasteiger partial charge is 0.380 e. The van der Waals surface area contributed by atoms with Crippen LogP contribution >= 0.6 is 0 Å². The van der Waals surface area contributed by atoms with Crippen LogP contribution in [0.2, 0.25) is 0 Å². The Morgan fingerprint density at radius 2 is 1.26 bits per heavy atom. The molecule has 0 spiro atoms. The molecule has 0 aliphatic heterocycles. The molecule has 0 fully saturated rings. The Hall–Kier alpha value is -2.12. The Kier molecular flexibility index (Phi) is 2.23. The summed E-state index contributed by atoms with van der Waals surface area (Å²) in [6.07, 6.45) is 0. The van der Waals surface area contributed by atoms with Gasteiger partial charge in [-0.15, -0.1) is 0 Å². The maximum Gasteiger partial charge on any atom is 0.0713 e. The van der Waals surface area contributed by atoms with Gasteiger partial charge in [-0.2, -0.15) is 0 Å². The lowest BCUT2D eigenvalue weighted by molar-refractivity contribution is 0.185. The molecule has 0 saturated heterocycles. The van der Waals surface area contributed by atoms with E-state index in [2.05, 4.69) is 54.6 Å². The van der Waals surface area contributed by atoms with Crippen molar-refractivity contribution in [3.05, 3.63) is 60.2 Å². The third-order valence-electron chi connectivity index (χ3n) is 3.83. The summed E-state index contributed by atoms with van der Waals surface area (Å²) in [7, 11) is 1.74. The van der Waals surface area contributed by atoms with Gasteiger partial charge in [0.1, 0.15) is 0 Å². The number of methoxy groups -OCH3 is 1. The molecule has 4 aromatic rings. The van der Waals surface area contributed by atoms with E-state index in [-0.39, 0.29) is 0 Å². The lowest BCUT2D eigenvalue weighted by atomic mass is 9.93. The fraction of sp³-hybridized carbons (Fsp3) is 0.111. The molecule has 4 rings (SSSR count). The van der Waals surface area contributed by atoms with Gasteiger partial charge in [0.25, 0.3) is 0 Å². The minimum atomic E-state index is 0.663. The van der Waals surface area contributed by atoms with Gasteiger partial charge >= 0.3 is 0 Å². The molecule has 0 heterocycles. The SMILES string of the molecule is COCc1cc2ccc3cccc4ccc(c1)c2c34. The van der Waals surface area contributed by atoms with Crippen LogP contribution in [-0.4, -0.2) is 7.11 Å². The van der Waals surface area contributed by atoms with Crippen LogP contribution in [0.15, 0.2) is 54.6 Å². The zero-order valence-corrected chi connectivity index (χ0v) is 10.8. The van der Waals surface area contributed by atoms with Crippen LogP contribution in [0.4, 0.5) is 0 Å². The quantitative estimate of drug-likeness (QED) is 0.464. The van der Waals surface area contributed by atoms with Crippen molar-refractivity contribution in [1.82, 2.24) is 0 Å². The summed E-state index contributed by atoms with van der Waals surface area (Å²) < 4.78 is 5.26. The van der Waals surface area contributed by atoms with E-state index in [1.54, 1.807) is 7.11 Å². The van der Waals surface area contributed by atoms with Crippen LogP contribution in [0, 0.1) is 0 Å². The van der Waals surface area contributed by atoms with E-state index in [1.165, 1.54) is 37.9 Å². The predicted octanol–water partition coefficient (Wildman–Crippen LogP) is 4.73. The highest BCUT2D eigenvalue weighted by molar-refractivity contribution is 6.23. The number of ether oxygens (including phenoxy) is 1. The Labute approximate surface area is 111 Å². The maximum atomic E-state index is 5.26. The van der Waals surface area contributed by atoms with E-state index in [9.17, 15) is 0 Å². The highest BCUT2D eigenvalue weighted by atomic mass is 16.5. The highest BCUT2D eigenvalue weighted by Gasteiger charge is 2.08. The van der Waals surface area contributed by atoms with Gasteiger partial charge in [0.15, 0.2) is 0 Å². The van der Waals surface area contributed by atoms with Crippen LogP contribution < -0.4 is 0 Å². The Morgan fingerprint density at radius 1 is 0.737 bits per heavy atom. The van der Waals surface area contributed by atoms with Gasteiger partial charge in [0.2, 0.25) is 0 Å². The van der Waals surface area contributed by atoms with Crippen molar-refractivity contribution < 1.29 is 4.74 Å². The van der Waals surface area contributed by atoms with Gasteiger partial charge < -0.3 is 4.74 Å². The van der Waals surface area contributed by atoms with E-state index in [1.807, 2.05) is 0 Å². The van der Waals surface area contributed by atoms with Gasteiger partial charge in [-0.1, -0.05) is 42.5 Å². The van der Waals surface area contributed by atoms with Gasteiger partial charge in [-0.25, -0.2) is 0 Å². The number of benzene rings is 4. The molecule has 0 atom stereocenters. The topological polar surface area (TPSA) is 9.23 Å². The molecule has 0 aromatic heterocycles. The van der Waals surface area contributed by atoms with E-state index < -0.39 is 0 Å². The summed E-state index contributed by atoms with van der Waals surface area (Å²) in [4.78, 5) is 0. The highest BCUT2D eigenvalue weighted by Crippen LogP contribution is 2.35. The van der Waals surface area contributed by atoms with Crippen molar-refractivity contribution in [1.29, 1.82) is 0 Å². The summed E-state index contributed by atoms with van der Waals surface area (Å²) >= 11 is 0. The molecule has 0 bridgehead atoms. The predicted molar refractivity (Wildman–Crippen MR) is 80.9 cm³/mol. The summed E-state index contributed by atoms with van der Waals surface area (Å²) in [6, 6.07) is 19.8. The van der Waals surface area contributed by atoms with Crippen LogP contribution in [-0.2, 0) is 11.3 Å². The molecule has 0 aliphatic rings. The van der Waals surface area contributed by atoms with Crippen LogP contribution in [0.3, 0.4) is 0 Å². The monoisotopic (exact) mass is 246 g/mol. The number of rotatable bonds is 2. The molecule has 0 amide bonds. The first-order valence-corrected chi connectivity index (χ1v) is 6.52. The van der Waals surface area contributed by atoms with Gasteiger partial charge in [-0.3, -0.25) is 0 Å². The fourth-order valence-corrected chi connectivity index (χ4v) is 3.07. The van der Waals surface area contributed by atoms with E-state index in [4.69, 9.17) is 4.74 Å². The summed E-state index contributed by atoms with van der Waals surface area (Å²) in [5.74, 6) is 0. The first-order chi connectivity index (χ1) is 9.36. The second kappa shape index (κ2) is 3.94. The van der Waals surface area contributed by atoms with Crippen molar-refractivity contribution in [3.8, 4) is 0 Å². The molecule has 0 N–H and O–H groups in total. The first kappa shape index (κ1) is 10.8. The summed E-state index contributed by atoms with van der Waals surface area (Å²) in [5.41, 5.74) is 1.23. The molecule has 92 valence electrons. The molecule has 4 aromatic carbocycles. The Bertz CT molecular complexity index is 813. The van der Waals surface area contributed by atoms with Crippen LogP contribution in [0.5, 0.6) is 0 Å². The van der Waals surface area contributed by atoms with Crippen molar-refractivity contribution in [2.45, 2.75) is 6.61 Å². The minimum Gasteiger partial charge on any atom is -0.380 e. The maximum absolute atomic E-state index is 5.26. The van der Waals surface area contributed by atoms with Crippen LogP contribution in [0.1, 0.15) is 5.56 Å². The molecule has 0 unspecified atom stereocenters. The standard InChI is InChI=1S/C18H14O/c1-19-11-12-9-15-7-5-13-3-2-4-14-6-8-16(10-12)18(15)17(13)14/h2-10H,11H2,1H3. The third kappa shape index (κ3) is 1.52. The van der Waals surface area contributed by atoms with Crippen LogP contribution in [0.25, 0.3) is 32.3 Å². The Morgan fingerprint density at radius 3 is 1.84 bits per heavy atom. The number of hydrogen-bond donors (Lipinski definition) is 0. The molecular weight excluding hydrogens is 232 g/mol.